The van der Waals surface area contributed by atoms with Gasteiger partial charge in [0.1, 0.15) is 0 Å². The van der Waals surface area contributed by atoms with Gasteiger partial charge in [-0.15, -0.1) is 4.89 Å². The number of halogens is 3. The zero-order valence-electron chi connectivity index (χ0n) is 9.45. The van der Waals surface area contributed by atoms with Crippen molar-refractivity contribution in [2.75, 3.05) is 7.11 Å². The third kappa shape index (κ3) is 5.60. The summed E-state index contributed by atoms with van der Waals surface area (Å²) >= 11 is 16.9. The molecule has 17 heavy (non-hydrogen) atoms. The van der Waals surface area contributed by atoms with Crippen LogP contribution in [0.3, 0.4) is 0 Å². The van der Waals surface area contributed by atoms with Gasteiger partial charge < -0.3 is 9.47 Å². The van der Waals surface area contributed by atoms with Crippen LogP contribution in [0, 0.1) is 0 Å². The van der Waals surface area contributed by atoms with E-state index in [9.17, 15) is 4.57 Å². The lowest BCUT2D eigenvalue weighted by molar-refractivity contribution is -0.170. The van der Waals surface area contributed by atoms with Crippen molar-refractivity contribution < 1.29 is 23.5 Å². The van der Waals surface area contributed by atoms with E-state index in [0.29, 0.717) is 6.42 Å². The summed E-state index contributed by atoms with van der Waals surface area (Å²) in [6.45, 7) is 3.05. The molecule has 0 bridgehead atoms. The molecule has 0 aliphatic rings. The lowest BCUT2D eigenvalue weighted by Gasteiger charge is -2.30. The summed E-state index contributed by atoms with van der Waals surface area (Å²) in [6, 6.07) is 0. The Labute approximate surface area is 116 Å². The minimum absolute atomic E-state index is 0.0261. The van der Waals surface area contributed by atoms with E-state index in [2.05, 4.69) is 4.52 Å². The maximum Gasteiger partial charge on any atom is 0.699 e. The molecule has 0 spiro atoms. The summed E-state index contributed by atoms with van der Waals surface area (Å²) in [5.74, 6) is -1.92. The van der Waals surface area contributed by atoms with Crippen LogP contribution in [0.15, 0.2) is 12.0 Å². The summed E-state index contributed by atoms with van der Waals surface area (Å²) in [5, 5.41) is 0. The van der Waals surface area contributed by atoms with E-state index in [-0.39, 0.29) is 5.95 Å². The van der Waals surface area contributed by atoms with Crippen molar-refractivity contribution in [2.24, 2.45) is 0 Å². The van der Waals surface area contributed by atoms with E-state index >= 15 is 0 Å². The molecule has 0 aromatic carbocycles. The Morgan fingerprint density at radius 2 is 2.00 bits per heavy atom. The van der Waals surface area contributed by atoms with Crippen LogP contribution in [0.4, 0.5) is 0 Å². The minimum atomic E-state index is -3.01. The van der Waals surface area contributed by atoms with Crippen LogP contribution in [0.2, 0.25) is 0 Å². The molecule has 5 nitrogen and oxygen atoms in total. The zero-order chi connectivity index (χ0) is 13.7. The van der Waals surface area contributed by atoms with Gasteiger partial charge in [-0.2, -0.15) is 0 Å². The molecule has 0 aromatic heterocycles. The summed E-state index contributed by atoms with van der Waals surface area (Å²) in [7, 11) is -1.66. The smallest absolute Gasteiger partial charge is 0.469 e. The lowest BCUT2D eigenvalue weighted by Crippen LogP contribution is -2.43. The first-order valence-electron chi connectivity index (χ1n) is 4.51. The van der Waals surface area contributed by atoms with Gasteiger partial charge in [0.2, 0.25) is 0 Å². The number of ether oxygens (including phenoxy) is 2. The Kier molecular flexibility index (Phi) is 7.07. The van der Waals surface area contributed by atoms with Crippen molar-refractivity contribution in [3.05, 3.63) is 12.0 Å². The van der Waals surface area contributed by atoms with Crippen LogP contribution in [0.5, 0.6) is 0 Å². The molecule has 0 aromatic rings. The Balaban J connectivity index is 5.07. The fraction of sp³-hybridized carbons (Fsp3) is 0.750. The van der Waals surface area contributed by atoms with Crippen molar-refractivity contribution in [1.29, 1.82) is 0 Å². The molecular weight excluding hydrogens is 313 g/mol. The van der Waals surface area contributed by atoms with Crippen molar-refractivity contribution in [2.45, 2.75) is 29.8 Å². The van der Waals surface area contributed by atoms with Gasteiger partial charge in [-0.05, 0) is 12.5 Å². The number of methoxy groups -OCH3 is 1. The fourth-order valence-electron chi connectivity index (χ4n) is 0.803. The summed E-state index contributed by atoms with van der Waals surface area (Å²) in [5.41, 5.74) is 0. The van der Waals surface area contributed by atoms with Gasteiger partial charge in [-0.1, -0.05) is 46.3 Å². The van der Waals surface area contributed by atoms with Crippen molar-refractivity contribution in [1.82, 2.24) is 0 Å². The van der Waals surface area contributed by atoms with Gasteiger partial charge in [0, 0.05) is 11.5 Å². The second-order valence-electron chi connectivity index (χ2n) is 3.01. The minimum Gasteiger partial charge on any atom is -0.469 e. The van der Waals surface area contributed by atoms with Gasteiger partial charge >= 0.3 is 14.0 Å². The SMILES string of the molecule is CCC=C(OC)OC(C)(O[P+](=O)O)C(Cl)(Cl)Cl. The van der Waals surface area contributed by atoms with E-state index < -0.39 is 17.8 Å². The Bertz CT molecular complexity index is 304. The molecule has 1 N–H and O–H groups in total. The molecule has 100 valence electrons. The van der Waals surface area contributed by atoms with Crippen LogP contribution in [0.25, 0.3) is 0 Å². The lowest BCUT2D eigenvalue weighted by atomic mass is 10.4. The number of allylic oxidation sites excluding steroid dienone is 1. The average Bonchev–Trinajstić information content (AvgIpc) is 2.14. The van der Waals surface area contributed by atoms with Crippen LogP contribution in [0.1, 0.15) is 20.3 Å². The first-order valence-corrected chi connectivity index (χ1v) is 6.78. The number of rotatable bonds is 6. The Morgan fingerprint density at radius 3 is 2.29 bits per heavy atom. The van der Waals surface area contributed by atoms with E-state index in [1.807, 2.05) is 6.92 Å². The molecule has 0 radical (unpaired) electrons. The topological polar surface area (TPSA) is 65.0 Å². The molecule has 0 saturated carbocycles. The van der Waals surface area contributed by atoms with Gasteiger partial charge in [0.05, 0.1) is 7.11 Å². The number of hydrogen-bond acceptors (Lipinski definition) is 4. The molecule has 0 fully saturated rings. The predicted octanol–water partition coefficient (Wildman–Crippen LogP) is 3.65. The van der Waals surface area contributed by atoms with Crippen molar-refractivity contribution >= 4 is 43.1 Å². The second-order valence-corrected chi connectivity index (χ2v) is 5.95. The van der Waals surface area contributed by atoms with Crippen LogP contribution in [-0.4, -0.2) is 21.6 Å². The highest BCUT2D eigenvalue weighted by Crippen LogP contribution is 2.46. The molecule has 0 aliphatic carbocycles. The van der Waals surface area contributed by atoms with E-state index in [4.69, 9.17) is 49.2 Å². The van der Waals surface area contributed by atoms with E-state index in [0.717, 1.165) is 0 Å². The quantitative estimate of drug-likeness (QED) is 0.349. The average molecular weight is 327 g/mol. The standard InChI is InChI=1S/C8H12Cl3O5P/c1-4-5-6(14-3)15-7(2,8(9,10)11)16-17(12)13/h5H,4H2,1-3H3/p+1. The monoisotopic (exact) mass is 325 g/mol. The first kappa shape index (κ1) is 17.2. The van der Waals surface area contributed by atoms with Gasteiger partial charge in [-0.3, -0.25) is 0 Å². The molecule has 0 heterocycles. The summed E-state index contributed by atoms with van der Waals surface area (Å²) < 4.78 is 23.3. The molecule has 0 rings (SSSR count). The Hall–Kier alpha value is 0.230. The molecule has 2 unspecified atom stereocenters. The third-order valence-electron chi connectivity index (χ3n) is 1.63. The molecule has 0 saturated heterocycles. The first-order chi connectivity index (χ1) is 7.66. The maximum atomic E-state index is 10.7. The summed E-state index contributed by atoms with van der Waals surface area (Å²) in [6.07, 6.45) is 2.16. The number of hydrogen-bond donors (Lipinski definition) is 1. The molecule has 0 aliphatic heterocycles. The summed E-state index contributed by atoms with van der Waals surface area (Å²) in [4.78, 5) is 8.74. The van der Waals surface area contributed by atoms with Gasteiger partial charge in [0.25, 0.3) is 9.74 Å². The highest BCUT2D eigenvalue weighted by molar-refractivity contribution is 7.32. The van der Waals surface area contributed by atoms with Crippen LogP contribution in [-0.2, 0) is 18.6 Å². The second kappa shape index (κ2) is 6.98. The zero-order valence-corrected chi connectivity index (χ0v) is 12.6. The molecule has 0 amide bonds. The largest absolute Gasteiger partial charge is 0.699 e. The highest BCUT2D eigenvalue weighted by atomic mass is 35.6. The Morgan fingerprint density at radius 1 is 1.47 bits per heavy atom. The molecular formula is C8H13Cl3O5P+. The van der Waals surface area contributed by atoms with Gasteiger partial charge in [0.15, 0.2) is 0 Å². The van der Waals surface area contributed by atoms with E-state index in [1.54, 1.807) is 6.08 Å². The maximum absolute atomic E-state index is 10.7. The normalized spacial score (nSPS) is 17.4. The van der Waals surface area contributed by atoms with E-state index in [1.165, 1.54) is 14.0 Å². The predicted molar refractivity (Wildman–Crippen MR) is 66.1 cm³/mol. The van der Waals surface area contributed by atoms with Crippen LogP contribution >= 0.6 is 43.1 Å². The van der Waals surface area contributed by atoms with Crippen LogP contribution < -0.4 is 0 Å². The highest BCUT2D eigenvalue weighted by Gasteiger charge is 2.55. The number of alkyl halides is 3. The van der Waals surface area contributed by atoms with Crippen molar-refractivity contribution in [3.8, 4) is 0 Å². The molecule has 9 heteroatoms. The fourth-order valence-corrected chi connectivity index (χ4v) is 1.67. The van der Waals surface area contributed by atoms with Gasteiger partial charge in [-0.25, -0.2) is 0 Å². The van der Waals surface area contributed by atoms with Crippen molar-refractivity contribution in [3.63, 3.8) is 0 Å². The third-order valence-corrected chi connectivity index (χ3v) is 3.17. The molecule has 2 atom stereocenters.